The van der Waals surface area contributed by atoms with Crippen LogP contribution in [0.25, 0.3) is 22.8 Å². The van der Waals surface area contributed by atoms with Gasteiger partial charge in [-0.2, -0.15) is 4.98 Å². The molecule has 0 aliphatic heterocycles. The zero-order valence-electron chi connectivity index (χ0n) is 12.2. The van der Waals surface area contributed by atoms with Gasteiger partial charge in [0.25, 0.3) is 5.89 Å². The van der Waals surface area contributed by atoms with E-state index < -0.39 is 0 Å². The minimum atomic E-state index is 0.215. The summed E-state index contributed by atoms with van der Waals surface area (Å²) in [6, 6.07) is 10.9. The fourth-order valence-corrected chi connectivity index (χ4v) is 2.57. The molecule has 0 amide bonds. The summed E-state index contributed by atoms with van der Waals surface area (Å²) in [7, 11) is 0. The molecule has 0 fully saturated rings. The lowest BCUT2D eigenvalue weighted by atomic mass is 10.00. The molecule has 0 saturated carbocycles. The summed E-state index contributed by atoms with van der Waals surface area (Å²) < 4.78 is 5.41. The number of phenolic OH excluding ortho intramolecular Hbond substituents is 1. The van der Waals surface area contributed by atoms with E-state index in [9.17, 15) is 5.11 Å². The summed E-state index contributed by atoms with van der Waals surface area (Å²) in [6.07, 6.45) is 0. The first-order valence-corrected chi connectivity index (χ1v) is 6.76. The zero-order chi connectivity index (χ0) is 15.0. The van der Waals surface area contributed by atoms with Gasteiger partial charge in [0.15, 0.2) is 0 Å². The number of phenols is 1. The van der Waals surface area contributed by atoms with Crippen molar-refractivity contribution in [2.24, 2.45) is 0 Å². The van der Waals surface area contributed by atoms with Gasteiger partial charge in [0.1, 0.15) is 5.75 Å². The molecule has 0 spiro atoms. The van der Waals surface area contributed by atoms with Gasteiger partial charge in [-0.15, -0.1) is 0 Å². The summed E-state index contributed by atoms with van der Waals surface area (Å²) in [6.45, 7) is 6.15. The average molecular weight is 280 g/mol. The maximum absolute atomic E-state index is 9.32. The number of hydrogen-bond acceptors (Lipinski definition) is 4. The molecular weight excluding hydrogens is 264 g/mol. The highest BCUT2D eigenvalue weighted by molar-refractivity contribution is 5.66. The number of aromatic nitrogens is 2. The average Bonchev–Trinajstić information content (AvgIpc) is 2.87. The maximum atomic E-state index is 9.32. The van der Waals surface area contributed by atoms with Crippen molar-refractivity contribution in [2.45, 2.75) is 20.8 Å². The van der Waals surface area contributed by atoms with Crippen molar-refractivity contribution in [3.8, 4) is 28.6 Å². The molecule has 4 nitrogen and oxygen atoms in total. The van der Waals surface area contributed by atoms with Crippen LogP contribution in [0.5, 0.6) is 5.75 Å². The van der Waals surface area contributed by atoms with Crippen LogP contribution in [0.1, 0.15) is 16.7 Å². The summed E-state index contributed by atoms with van der Waals surface area (Å²) in [5.41, 5.74) is 5.25. The molecule has 4 heteroatoms. The third-order valence-corrected chi connectivity index (χ3v) is 3.44. The van der Waals surface area contributed by atoms with E-state index in [2.05, 4.69) is 29.2 Å². The Hall–Kier alpha value is -2.62. The van der Waals surface area contributed by atoms with Crippen molar-refractivity contribution in [3.63, 3.8) is 0 Å². The number of nitrogens with zero attached hydrogens (tertiary/aromatic N) is 2. The van der Waals surface area contributed by atoms with E-state index in [4.69, 9.17) is 4.52 Å². The lowest BCUT2D eigenvalue weighted by molar-refractivity contribution is 0.432. The van der Waals surface area contributed by atoms with E-state index in [1.54, 1.807) is 24.3 Å². The van der Waals surface area contributed by atoms with Crippen LogP contribution in [-0.2, 0) is 0 Å². The Morgan fingerprint density at radius 1 is 0.952 bits per heavy atom. The monoisotopic (exact) mass is 280 g/mol. The highest BCUT2D eigenvalue weighted by Crippen LogP contribution is 2.29. The number of aryl methyl sites for hydroxylation is 3. The van der Waals surface area contributed by atoms with Crippen molar-refractivity contribution < 1.29 is 9.63 Å². The first kappa shape index (κ1) is 13.4. The van der Waals surface area contributed by atoms with Gasteiger partial charge in [-0.05, 0) is 56.2 Å². The van der Waals surface area contributed by atoms with E-state index in [0.717, 1.165) is 22.3 Å². The van der Waals surface area contributed by atoms with Crippen LogP contribution in [0.3, 0.4) is 0 Å². The molecular formula is C17H16N2O2. The summed E-state index contributed by atoms with van der Waals surface area (Å²) in [5, 5.41) is 13.4. The first-order valence-electron chi connectivity index (χ1n) is 6.76. The normalized spacial score (nSPS) is 10.8. The molecule has 21 heavy (non-hydrogen) atoms. The summed E-state index contributed by atoms with van der Waals surface area (Å²) >= 11 is 0. The third-order valence-electron chi connectivity index (χ3n) is 3.44. The van der Waals surface area contributed by atoms with Crippen molar-refractivity contribution >= 4 is 0 Å². The smallest absolute Gasteiger partial charge is 0.258 e. The highest BCUT2D eigenvalue weighted by Gasteiger charge is 2.15. The van der Waals surface area contributed by atoms with Gasteiger partial charge in [-0.3, -0.25) is 0 Å². The molecule has 106 valence electrons. The molecule has 1 aromatic heterocycles. The van der Waals surface area contributed by atoms with Gasteiger partial charge in [-0.25, -0.2) is 0 Å². The molecule has 2 aromatic carbocycles. The van der Waals surface area contributed by atoms with Crippen molar-refractivity contribution in [1.29, 1.82) is 0 Å². The third kappa shape index (κ3) is 2.52. The predicted molar refractivity (Wildman–Crippen MR) is 81.0 cm³/mol. The van der Waals surface area contributed by atoms with E-state index in [0.29, 0.717) is 11.7 Å². The quantitative estimate of drug-likeness (QED) is 0.769. The van der Waals surface area contributed by atoms with Crippen LogP contribution in [0.2, 0.25) is 0 Å². The van der Waals surface area contributed by atoms with E-state index in [-0.39, 0.29) is 5.75 Å². The maximum Gasteiger partial charge on any atom is 0.258 e. The Kier molecular flexibility index (Phi) is 3.22. The Bertz CT molecular complexity index is 766. The molecule has 3 rings (SSSR count). The molecule has 1 heterocycles. The van der Waals surface area contributed by atoms with Gasteiger partial charge < -0.3 is 9.63 Å². The second kappa shape index (κ2) is 5.05. The Morgan fingerprint density at radius 3 is 2.19 bits per heavy atom. The number of benzene rings is 2. The molecule has 0 saturated heterocycles. The van der Waals surface area contributed by atoms with Gasteiger partial charge in [0, 0.05) is 11.1 Å². The minimum Gasteiger partial charge on any atom is -0.508 e. The summed E-state index contributed by atoms with van der Waals surface area (Å²) in [5.74, 6) is 1.25. The summed E-state index contributed by atoms with van der Waals surface area (Å²) in [4.78, 5) is 4.47. The second-order valence-corrected chi connectivity index (χ2v) is 5.24. The fraction of sp³-hybridized carbons (Fsp3) is 0.176. The van der Waals surface area contributed by atoms with Crippen LogP contribution < -0.4 is 0 Å². The van der Waals surface area contributed by atoms with Gasteiger partial charge in [-0.1, -0.05) is 22.9 Å². The molecule has 0 atom stereocenters. The molecule has 0 aliphatic carbocycles. The molecule has 0 unspecified atom stereocenters. The van der Waals surface area contributed by atoms with Crippen LogP contribution in [0.4, 0.5) is 0 Å². The van der Waals surface area contributed by atoms with E-state index >= 15 is 0 Å². The SMILES string of the molecule is Cc1cc(C)c(-c2nc(-c3ccc(O)cc3)no2)c(C)c1. The Balaban J connectivity index is 2.05. The Morgan fingerprint density at radius 2 is 1.57 bits per heavy atom. The standard InChI is InChI=1S/C17H16N2O2/c1-10-8-11(2)15(12(3)9-10)17-18-16(19-21-17)13-4-6-14(20)7-5-13/h4-9,20H,1-3H3. The second-order valence-electron chi connectivity index (χ2n) is 5.24. The molecule has 0 bridgehead atoms. The van der Waals surface area contributed by atoms with Crippen LogP contribution in [0, 0.1) is 20.8 Å². The predicted octanol–water partition coefficient (Wildman–Crippen LogP) is 4.03. The number of aromatic hydroxyl groups is 1. The topological polar surface area (TPSA) is 59.2 Å². The number of hydrogen-bond donors (Lipinski definition) is 1. The van der Waals surface area contributed by atoms with Gasteiger partial charge in [0.05, 0.1) is 0 Å². The minimum absolute atomic E-state index is 0.215. The molecule has 3 aromatic rings. The van der Waals surface area contributed by atoms with Gasteiger partial charge in [0.2, 0.25) is 5.82 Å². The molecule has 0 aliphatic rings. The van der Waals surface area contributed by atoms with E-state index in [1.165, 1.54) is 5.56 Å². The van der Waals surface area contributed by atoms with Crippen molar-refractivity contribution in [1.82, 2.24) is 10.1 Å². The van der Waals surface area contributed by atoms with Crippen molar-refractivity contribution in [2.75, 3.05) is 0 Å². The first-order chi connectivity index (χ1) is 10.0. The van der Waals surface area contributed by atoms with Gasteiger partial charge >= 0.3 is 0 Å². The van der Waals surface area contributed by atoms with Crippen LogP contribution in [0.15, 0.2) is 40.9 Å². The fourth-order valence-electron chi connectivity index (χ4n) is 2.57. The Labute approximate surface area is 123 Å². The zero-order valence-corrected chi connectivity index (χ0v) is 12.2. The lowest BCUT2D eigenvalue weighted by Gasteiger charge is -2.06. The molecule has 0 radical (unpaired) electrons. The number of rotatable bonds is 2. The van der Waals surface area contributed by atoms with Crippen LogP contribution in [-0.4, -0.2) is 15.2 Å². The molecule has 1 N–H and O–H groups in total. The highest BCUT2D eigenvalue weighted by atomic mass is 16.5. The van der Waals surface area contributed by atoms with Crippen LogP contribution >= 0.6 is 0 Å². The van der Waals surface area contributed by atoms with E-state index in [1.807, 2.05) is 13.8 Å². The largest absolute Gasteiger partial charge is 0.508 e. The van der Waals surface area contributed by atoms with Crippen molar-refractivity contribution in [3.05, 3.63) is 53.1 Å². The lowest BCUT2D eigenvalue weighted by Crippen LogP contribution is -1.90.